The summed E-state index contributed by atoms with van der Waals surface area (Å²) in [6, 6.07) is 5.90. The highest BCUT2D eigenvalue weighted by molar-refractivity contribution is 5.54. The molecule has 1 aromatic rings. The van der Waals surface area contributed by atoms with E-state index in [2.05, 4.69) is 29.8 Å². The minimum Gasteiger partial charge on any atom is -0.372 e. The van der Waals surface area contributed by atoms with Gasteiger partial charge in [-0.25, -0.2) is 4.98 Å². The Kier molecular flexibility index (Phi) is 3.03. The molecule has 0 spiro atoms. The number of aryl methyl sites for hydroxylation is 1. The number of nitrogens with zero attached hydrogens (tertiary/aromatic N) is 3. The third-order valence-corrected chi connectivity index (χ3v) is 2.86. The number of aromatic nitrogens is 1. The van der Waals surface area contributed by atoms with Crippen LogP contribution in [0.3, 0.4) is 0 Å². The summed E-state index contributed by atoms with van der Waals surface area (Å²) in [7, 11) is 0. The Hall–Kier alpha value is -1.60. The SMILES string of the molecule is Cc1ccc(C#N)c(N2CCOC(C)(C)C2)n1. The first-order chi connectivity index (χ1) is 8.02. The molecular weight excluding hydrogens is 214 g/mol. The maximum Gasteiger partial charge on any atom is 0.146 e. The van der Waals surface area contributed by atoms with E-state index in [1.165, 1.54) is 0 Å². The summed E-state index contributed by atoms with van der Waals surface area (Å²) in [5.41, 5.74) is 1.38. The van der Waals surface area contributed by atoms with E-state index in [0.29, 0.717) is 12.2 Å². The largest absolute Gasteiger partial charge is 0.372 e. The van der Waals surface area contributed by atoms with E-state index in [1.54, 1.807) is 0 Å². The zero-order valence-corrected chi connectivity index (χ0v) is 10.5. The van der Waals surface area contributed by atoms with Crippen molar-refractivity contribution >= 4 is 5.82 Å². The topological polar surface area (TPSA) is 49.2 Å². The Bertz CT molecular complexity index is 462. The Labute approximate surface area is 102 Å². The second-order valence-electron chi connectivity index (χ2n) is 4.97. The molecule has 2 heterocycles. The maximum atomic E-state index is 9.12. The molecule has 0 amide bonds. The van der Waals surface area contributed by atoms with Gasteiger partial charge in [0.15, 0.2) is 0 Å². The summed E-state index contributed by atoms with van der Waals surface area (Å²) < 4.78 is 5.67. The molecule has 0 bridgehead atoms. The van der Waals surface area contributed by atoms with Gasteiger partial charge in [-0.15, -0.1) is 0 Å². The van der Waals surface area contributed by atoms with Crippen LogP contribution in [0.15, 0.2) is 12.1 Å². The molecular formula is C13H17N3O. The summed E-state index contributed by atoms with van der Waals surface area (Å²) in [4.78, 5) is 6.62. The zero-order chi connectivity index (χ0) is 12.5. The van der Waals surface area contributed by atoms with Crippen LogP contribution in [-0.4, -0.2) is 30.3 Å². The molecule has 1 saturated heterocycles. The van der Waals surface area contributed by atoms with Gasteiger partial charge < -0.3 is 9.64 Å². The van der Waals surface area contributed by atoms with Crippen LogP contribution in [0.4, 0.5) is 5.82 Å². The van der Waals surface area contributed by atoms with Crippen molar-refractivity contribution in [1.29, 1.82) is 5.26 Å². The number of pyridine rings is 1. The molecule has 90 valence electrons. The van der Waals surface area contributed by atoms with Gasteiger partial charge in [0.1, 0.15) is 11.9 Å². The van der Waals surface area contributed by atoms with E-state index in [0.717, 1.165) is 24.6 Å². The first-order valence-corrected chi connectivity index (χ1v) is 5.78. The summed E-state index contributed by atoms with van der Waals surface area (Å²) >= 11 is 0. The smallest absolute Gasteiger partial charge is 0.146 e. The van der Waals surface area contributed by atoms with Crippen LogP contribution in [0.5, 0.6) is 0 Å². The lowest BCUT2D eigenvalue weighted by atomic mass is 10.1. The monoisotopic (exact) mass is 231 g/mol. The van der Waals surface area contributed by atoms with E-state index in [-0.39, 0.29) is 5.60 Å². The van der Waals surface area contributed by atoms with Crippen molar-refractivity contribution in [2.75, 3.05) is 24.6 Å². The molecule has 4 nitrogen and oxygen atoms in total. The predicted octanol–water partition coefficient (Wildman–Crippen LogP) is 1.88. The predicted molar refractivity (Wildman–Crippen MR) is 65.9 cm³/mol. The first-order valence-electron chi connectivity index (χ1n) is 5.78. The van der Waals surface area contributed by atoms with Gasteiger partial charge in [0.25, 0.3) is 0 Å². The summed E-state index contributed by atoms with van der Waals surface area (Å²) in [5.74, 6) is 0.781. The van der Waals surface area contributed by atoms with Gasteiger partial charge >= 0.3 is 0 Å². The number of hydrogen-bond acceptors (Lipinski definition) is 4. The van der Waals surface area contributed by atoms with E-state index >= 15 is 0 Å². The second-order valence-corrected chi connectivity index (χ2v) is 4.97. The molecule has 4 heteroatoms. The molecule has 1 aliphatic rings. The highest BCUT2D eigenvalue weighted by Crippen LogP contribution is 2.24. The Morgan fingerprint density at radius 3 is 2.88 bits per heavy atom. The van der Waals surface area contributed by atoms with Crippen molar-refractivity contribution in [3.63, 3.8) is 0 Å². The number of hydrogen-bond donors (Lipinski definition) is 0. The molecule has 0 N–H and O–H groups in total. The quantitative estimate of drug-likeness (QED) is 0.740. The Morgan fingerprint density at radius 2 is 2.24 bits per heavy atom. The van der Waals surface area contributed by atoms with Gasteiger partial charge in [0.2, 0.25) is 0 Å². The standard InChI is InChI=1S/C13H17N3O/c1-10-4-5-11(8-14)12(15-10)16-6-7-17-13(2,3)9-16/h4-5H,6-7,9H2,1-3H3. The molecule has 0 aromatic carbocycles. The number of anilines is 1. The number of nitriles is 1. The minimum absolute atomic E-state index is 0.184. The highest BCUT2D eigenvalue weighted by Gasteiger charge is 2.29. The first kappa shape index (κ1) is 11.9. The fraction of sp³-hybridized carbons (Fsp3) is 0.538. The minimum atomic E-state index is -0.184. The third kappa shape index (κ3) is 2.56. The van der Waals surface area contributed by atoms with Crippen molar-refractivity contribution in [2.45, 2.75) is 26.4 Å². The molecule has 0 unspecified atom stereocenters. The average Bonchev–Trinajstić information content (AvgIpc) is 2.27. The third-order valence-electron chi connectivity index (χ3n) is 2.86. The van der Waals surface area contributed by atoms with Crippen LogP contribution < -0.4 is 4.90 Å². The number of rotatable bonds is 1. The van der Waals surface area contributed by atoms with Crippen molar-refractivity contribution in [2.24, 2.45) is 0 Å². The van der Waals surface area contributed by atoms with Gasteiger partial charge in [-0.2, -0.15) is 5.26 Å². The van der Waals surface area contributed by atoms with Crippen LogP contribution >= 0.6 is 0 Å². The molecule has 2 rings (SSSR count). The van der Waals surface area contributed by atoms with Gasteiger partial charge in [-0.3, -0.25) is 0 Å². The van der Waals surface area contributed by atoms with E-state index in [4.69, 9.17) is 10.00 Å². The molecule has 1 aromatic heterocycles. The fourth-order valence-corrected chi connectivity index (χ4v) is 2.07. The molecule has 0 atom stereocenters. The zero-order valence-electron chi connectivity index (χ0n) is 10.5. The lowest BCUT2D eigenvalue weighted by molar-refractivity contribution is -0.0279. The van der Waals surface area contributed by atoms with E-state index < -0.39 is 0 Å². The van der Waals surface area contributed by atoms with Crippen molar-refractivity contribution < 1.29 is 4.74 Å². The van der Waals surface area contributed by atoms with Crippen LogP contribution in [0.25, 0.3) is 0 Å². The molecule has 0 aliphatic carbocycles. The van der Waals surface area contributed by atoms with Crippen LogP contribution in [0, 0.1) is 18.3 Å². The highest BCUT2D eigenvalue weighted by atomic mass is 16.5. The summed E-state index contributed by atoms with van der Waals surface area (Å²) in [6.07, 6.45) is 0. The number of morpholine rings is 1. The maximum absolute atomic E-state index is 9.12. The van der Waals surface area contributed by atoms with Crippen LogP contribution in [0.2, 0.25) is 0 Å². The van der Waals surface area contributed by atoms with Gasteiger partial charge in [-0.05, 0) is 32.9 Å². The van der Waals surface area contributed by atoms with Crippen molar-refractivity contribution in [3.05, 3.63) is 23.4 Å². The Balaban J connectivity index is 2.33. The molecule has 1 aliphatic heterocycles. The lowest BCUT2D eigenvalue weighted by Gasteiger charge is -2.39. The second kappa shape index (κ2) is 4.34. The van der Waals surface area contributed by atoms with Crippen molar-refractivity contribution in [3.8, 4) is 6.07 Å². The van der Waals surface area contributed by atoms with E-state index in [1.807, 2.05) is 19.1 Å². The molecule has 17 heavy (non-hydrogen) atoms. The van der Waals surface area contributed by atoms with E-state index in [9.17, 15) is 0 Å². The Morgan fingerprint density at radius 1 is 1.47 bits per heavy atom. The normalized spacial score (nSPS) is 18.8. The summed E-state index contributed by atoms with van der Waals surface area (Å²) in [5, 5.41) is 9.12. The summed E-state index contributed by atoms with van der Waals surface area (Å²) in [6.45, 7) is 8.28. The van der Waals surface area contributed by atoms with Crippen LogP contribution in [0.1, 0.15) is 25.1 Å². The average molecular weight is 231 g/mol. The fourth-order valence-electron chi connectivity index (χ4n) is 2.07. The van der Waals surface area contributed by atoms with Gasteiger partial charge in [0, 0.05) is 18.8 Å². The van der Waals surface area contributed by atoms with Crippen LogP contribution in [-0.2, 0) is 4.74 Å². The van der Waals surface area contributed by atoms with Gasteiger partial charge in [-0.1, -0.05) is 0 Å². The van der Waals surface area contributed by atoms with Crippen molar-refractivity contribution in [1.82, 2.24) is 4.98 Å². The number of ether oxygens (including phenoxy) is 1. The molecule has 0 radical (unpaired) electrons. The molecule has 0 saturated carbocycles. The van der Waals surface area contributed by atoms with Gasteiger partial charge in [0.05, 0.1) is 17.8 Å². The lowest BCUT2D eigenvalue weighted by Crippen LogP contribution is -2.48. The molecule has 1 fully saturated rings.